The molecule has 0 aliphatic heterocycles. The van der Waals surface area contributed by atoms with Crippen LogP contribution in [0, 0.1) is 0 Å². The lowest BCUT2D eigenvalue weighted by Gasteiger charge is -2.14. The van der Waals surface area contributed by atoms with Crippen molar-refractivity contribution in [2.24, 2.45) is 5.10 Å². The second-order valence-corrected chi connectivity index (χ2v) is 5.85. The van der Waals surface area contributed by atoms with Gasteiger partial charge in [-0.15, -0.1) is 0 Å². The van der Waals surface area contributed by atoms with E-state index in [-0.39, 0.29) is 6.61 Å². The van der Waals surface area contributed by atoms with Crippen molar-refractivity contribution in [1.82, 2.24) is 10.7 Å². The first-order valence-corrected chi connectivity index (χ1v) is 9.03. The normalized spacial score (nSPS) is 10.4. The van der Waals surface area contributed by atoms with Crippen LogP contribution in [0.4, 0.5) is 0 Å². The highest BCUT2D eigenvalue weighted by Gasteiger charge is 2.14. The average molecular weight is 432 g/mol. The van der Waals surface area contributed by atoms with Crippen molar-refractivity contribution in [2.45, 2.75) is 20.8 Å². The summed E-state index contributed by atoms with van der Waals surface area (Å²) in [5.74, 6) is 0.490. The van der Waals surface area contributed by atoms with Gasteiger partial charge in [0.15, 0.2) is 23.2 Å². The predicted octanol–water partition coefficient (Wildman–Crippen LogP) is 2.61. The highest BCUT2D eigenvalue weighted by Crippen LogP contribution is 2.36. The number of rotatable bonds is 9. The van der Waals surface area contributed by atoms with Crippen LogP contribution in [0.2, 0.25) is 0 Å². The Morgan fingerprint density at radius 2 is 2.04 bits per heavy atom. The van der Waals surface area contributed by atoms with E-state index in [9.17, 15) is 4.79 Å². The number of hydrogen-bond donors (Lipinski definition) is 2. The molecule has 0 unspecified atom stereocenters. The molecule has 25 heavy (non-hydrogen) atoms. The van der Waals surface area contributed by atoms with Gasteiger partial charge in [0.2, 0.25) is 0 Å². The molecule has 0 saturated carbocycles. The van der Waals surface area contributed by atoms with Gasteiger partial charge in [0.05, 0.1) is 23.9 Å². The van der Waals surface area contributed by atoms with E-state index in [1.807, 2.05) is 13.8 Å². The van der Waals surface area contributed by atoms with Crippen LogP contribution in [0.3, 0.4) is 0 Å². The van der Waals surface area contributed by atoms with E-state index in [1.54, 1.807) is 25.3 Å². The van der Waals surface area contributed by atoms with Gasteiger partial charge in [-0.2, -0.15) is 5.10 Å². The fourth-order valence-corrected chi connectivity index (χ4v) is 2.54. The Hall–Kier alpha value is -1.87. The summed E-state index contributed by atoms with van der Waals surface area (Å²) >= 11 is 8.45. The number of hydrazone groups is 1. The second-order valence-electron chi connectivity index (χ2n) is 4.59. The fourth-order valence-electron chi connectivity index (χ4n) is 1.76. The van der Waals surface area contributed by atoms with E-state index in [2.05, 4.69) is 31.8 Å². The zero-order chi connectivity index (χ0) is 18.7. The summed E-state index contributed by atoms with van der Waals surface area (Å²) in [4.78, 5) is 11.5. The second kappa shape index (κ2) is 11.6. The van der Waals surface area contributed by atoms with Crippen LogP contribution in [0.1, 0.15) is 26.3 Å². The Bertz CT molecular complexity index is 626. The van der Waals surface area contributed by atoms with Crippen molar-refractivity contribution in [3.63, 3.8) is 0 Å². The number of thiocarbonyl (C=S) groups is 1. The maximum Gasteiger partial charge on any atom is 0.344 e. The lowest BCUT2D eigenvalue weighted by Crippen LogP contribution is -2.31. The van der Waals surface area contributed by atoms with Crippen LogP contribution in [0.25, 0.3) is 0 Å². The van der Waals surface area contributed by atoms with Gasteiger partial charge in [-0.3, -0.25) is 5.43 Å². The molecule has 1 rings (SSSR count). The van der Waals surface area contributed by atoms with E-state index in [0.29, 0.717) is 40.8 Å². The summed E-state index contributed by atoms with van der Waals surface area (Å²) in [6.07, 6.45) is 1.60. The number of esters is 1. The highest BCUT2D eigenvalue weighted by molar-refractivity contribution is 9.10. The zero-order valence-corrected chi connectivity index (χ0v) is 16.8. The number of benzene rings is 1. The summed E-state index contributed by atoms with van der Waals surface area (Å²) in [6, 6.07) is 3.56. The lowest BCUT2D eigenvalue weighted by atomic mass is 10.2. The summed E-state index contributed by atoms with van der Waals surface area (Å²) in [6.45, 7) is 6.82. The third-order valence-electron chi connectivity index (χ3n) is 2.69. The third kappa shape index (κ3) is 7.70. The van der Waals surface area contributed by atoms with Gasteiger partial charge in [-0.05, 0) is 66.6 Å². The van der Waals surface area contributed by atoms with E-state index in [4.69, 9.17) is 26.4 Å². The van der Waals surface area contributed by atoms with E-state index in [1.165, 1.54) is 0 Å². The van der Waals surface area contributed by atoms with Crippen LogP contribution >= 0.6 is 28.1 Å². The number of nitrogens with zero attached hydrogens (tertiary/aromatic N) is 1. The van der Waals surface area contributed by atoms with E-state index in [0.717, 1.165) is 5.56 Å². The first-order chi connectivity index (χ1) is 12.0. The molecule has 0 bridgehead atoms. The number of nitrogens with one attached hydrogen (secondary N) is 2. The Kier molecular flexibility index (Phi) is 9.86. The molecule has 0 saturated heterocycles. The van der Waals surface area contributed by atoms with Crippen molar-refractivity contribution < 1.29 is 19.0 Å². The predicted molar refractivity (Wildman–Crippen MR) is 104 cm³/mol. The number of carbonyl (C=O) groups excluding carboxylic acids is 1. The Balaban J connectivity index is 2.88. The van der Waals surface area contributed by atoms with Crippen LogP contribution in [0.5, 0.6) is 11.5 Å². The van der Waals surface area contributed by atoms with Crippen molar-refractivity contribution in [2.75, 3.05) is 26.4 Å². The van der Waals surface area contributed by atoms with Gasteiger partial charge < -0.3 is 19.5 Å². The summed E-state index contributed by atoms with van der Waals surface area (Å²) in [5.41, 5.74) is 3.48. The van der Waals surface area contributed by atoms with Crippen LogP contribution in [-0.4, -0.2) is 43.7 Å². The summed E-state index contributed by atoms with van der Waals surface area (Å²) < 4.78 is 16.6. The molecule has 0 aromatic heterocycles. The maximum absolute atomic E-state index is 11.5. The van der Waals surface area contributed by atoms with Crippen LogP contribution in [-0.2, 0) is 9.53 Å². The molecule has 0 heterocycles. The van der Waals surface area contributed by atoms with Crippen LogP contribution in [0.15, 0.2) is 21.7 Å². The molecular weight excluding hydrogens is 410 g/mol. The van der Waals surface area contributed by atoms with Crippen molar-refractivity contribution in [1.29, 1.82) is 0 Å². The minimum absolute atomic E-state index is 0.196. The smallest absolute Gasteiger partial charge is 0.344 e. The largest absolute Gasteiger partial charge is 0.490 e. The molecule has 0 aliphatic rings. The van der Waals surface area contributed by atoms with E-state index < -0.39 is 5.97 Å². The van der Waals surface area contributed by atoms with Gasteiger partial charge >= 0.3 is 5.97 Å². The molecule has 1 aromatic carbocycles. The van der Waals surface area contributed by atoms with Gasteiger partial charge in [0, 0.05) is 6.54 Å². The number of halogens is 1. The third-order valence-corrected chi connectivity index (χ3v) is 3.51. The number of hydrogen-bond acceptors (Lipinski definition) is 6. The fraction of sp³-hybridized carbons (Fsp3) is 0.438. The zero-order valence-electron chi connectivity index (χ0n) is 14.4. The first kappa shape index (κ1) is 21.2. The Labute approximate surface area is 161 Å². The molecule has 0 spiro atoms. The molecule has 7 nitrogen and oxygen atoms in total. The van der Waals surface area contributed by atoms with Crippen molar-refractivity contribution in [3.05, 3.63) is 22.2 Å². The molecular formula is C16H22BrN3O4S. The van der Waals surface area contributed by atoms with Gasteiger partial charge in [0.25, 0.3) is 0 Å². The Morgan fingerprint density at radius 1 is 1.28 bits per heavy atom. The first-order valence-electron chi connectivity index (χ1n) is 7.83. The van der Waals surface area contributed by atoms with Gasteiger partial charge in [-0.25, -0.2) is 4.79 Å². The molecule has 138 valence electrons. The summed E-state index contributed by atoms with van der Waals surface area (Å²) in [7, 11) is 0. The van der Waals surface area contributed by atoms with Crippen molar-refractivity contribution in [3.8, 4) is 11.5 Å². The molecule has 0 fully saturated rings. The quantitative estimate of drug-likeness (QED) is 0.269. The standard InChI is InChI=1S/C16H22BrN3O4S/c1-4-18-16(25)20-19-9-11-7-12(17)15(13(8-11)22-5-2)24-10-14(21)23-6-3/h7-9H,4-6,10H2,1-3H3,(H2,18,20,25). The minimum atomic E-state index is -0.441. The molecule has 1 aromatic rings. The highest BCUT2D eigenvalue weighted by atomic mass is 79.9. The maximum atomic E-state index is 11.5. The SMILES string of the molecule is CCNC(=S)NN=Cc1cc(Br)c(OCC(=O)OCC)c(OCC)c1. The topological polar surface area (TPSA) is 81.2 Å². The molecule has 0 amide bonds. The molecule has 9 heteroatoms. The van der Waals surface area contributed by atoms with Gasteiger partial charge in [0.1, 0.15) is 0 Å². The monoisotopic (exact) mass is 431 g/mol. The molecule has 0 radical (unpaired) electrons. The van der Waals surface area contributed by atoms with Gasteiger partial charge in [-0.1, -0.05) is 0 Å². The number of ether oxygens (including phenoxy) is 3. The minimum Gasteiger partial charge on any atom is -0.490 e. The molecule has 0 atom stereocenters. The summed E-state index contributed by atoms with van der Waals surface area (Å²) in [5, 5.41) is 7.43. The number of carbonyl (C=O) groups is 1. The lowest BCUT2D eigenvalue weighted by molar-refractivity contribution is -0.145. The molecule has 0 aliphatic carbocycles. The van der Waals surface area contributed by atoms with Crippen molar-refractivity contribution >= 4 is 45.4 Å². The van der Waals surface area contributed by atoms with E-state index >= 15 is 0 Å². The average Bonchev–Trinajstić information content (AvgIpc) is 2.55. The molecule has 2 N–H and O–H groups in total. The Morgan fingerprint density at radius 3 is 2.68 bits per heavy atom. The van der Waals surface area contributed by atoms with Crippen LogP contribution < -0.4 is 20.2 Å².